The number of rotatable bonds is 7. The van der Waals surface area contributed by atoms with Gasteiger partial charge in [-0.25, -0.2) is 17.6 Å². The SMILES string of the molecule is COc1cccc(-c2ccc(-c3ccc(C)cc3)cc2)c1.COc1cccc(B(O)O)c1.Cc1ccc(-c2ccc([S+]3c4cc(F)c(F)cc4Sc4cc(F)c(F)cc43)cc2)cc1.FB(F)F.[F-]. The first kappa shape index (κ1) is 52.5. The summed E-state index contributed by atoms with van der Waals surface area (Å²) in [7, 11) is -2.77. The van der Waals surface area contributed by atoms with Gasteiger partial charge in [-0.3, -0.25) is 12.9 Å². The number of hydrogen-bond acceptors (Lipinski definition) is 5. The van der Waals surface area contributed by atoms with Gasteiger partial charge < -0.3 is 24.2 Å². The van der Waals surface area contributed by atoms with E-state index in [0.717, 1.165) is 45.7 Å². The lowest BCUT2D eigenvalue weighted by molar-refractivity contribution is -0.0000211. The van der Waals surface area contributed by atoms with E-state index in [4.69, 9.17) is 19.5 Å². The van der Waals surface area contributed by atoms with E-state index >= 15 is 0 Å². The maximum Gasteiger partial charge on any atom is 0.762 e. The number of fused-ring (bicyclic) bond motifs is 2. The van der Waals surface area contributed by atoms with Crippen molar-refractivity contribution in [3.63, 3.8) is 0 Å². The summed E-state index contributed by atoms with van der Waals surface area (Å²) in [4.78, 5) is 2.94. The number of ether oxygens (including phenoxy) is 2. The molecule has 0 atom stereocenters. The number of halogens is 8. The van der Waals surface area contributed by atoms with Crippen molar-refractivity contribution in [3.05, 3.63) is 204 Å². The van der Waals surface area contributed by atoms with Crippen LogP contribution < -0.4 is 19.6 Å². The van der Waals surface area contributed by atoms with Crippen molar-refractivity contribution in [1.82, 2.24) is 0 Å². The van der Waals surface area contributed by atoms with Crippen molar-refractivity contribution in [2.75, 3.05) is 14.2 Å². The smallest absolute Gasteiger partial charge is 0.762 e. The molecule has 0 fully saturated rings. The number of aryl methyl sites for hydroxylation is 2. The molecule has 68 heavy (non-hydrogen) atoms. The largest absolute Gasteiger partial charge is 1.00 e. The second-order valence-electron chi connectivity index (χ2n) is 14.8. The van der Waals surface area contributed by atoms with Gasteiger partial charge in [0.25, 0.3) is 0 Å². The lowest BCUT2D eigenvalue weighted by Crippen LogP contribution is -3.00. The molecule has 1 aliphatic heterocycles. The summed E-state index contributed by atoms with van der Waals surface area (Å²) >= 11 is 1.12. The Kier molecular flexibility index (Phi) is 18.9. The number of benzene rings is 8. The Hall–Kier alpha value is -6.45. The first-order chi connectivity index (χ1) is 32.1. The molecule has 0 aromatic heterocycles. The Labute approximate surface area is 397 Å². The maximum atomic E-state index is 14.1. The fourth-order valence-corrected chi connectivity index (χ4v) is 10.5. The summed E-state index contributed by atoms with van der Waals surface area (Å²) in [6.45, 7) is 4.13. The summed E-state index contributed by atoms with van der Waals surface area (Å²) in [5, 5.41) is 17.5. The van der Waals surface area contributed by atoms with E-state index in [2.05, 4.69) is 67.6 Å². The van der Waals surface area contributed by atoms with Crippen LogP contribution in [0.2, 0.25) is 0 Å². The van der Waals surface area contributed by atoms with Gasteiger partial charge in [0.15, 0.2) is 38.0 Å². The van der Waals surface area contributed by atoms with E-state index in [1.165, 1.54) is 52.6 Å². The second-order valence-corrected chi connectivity index (χ2v) is 17.8. The Morgan fingerprint density at radius 2 is 0.809 bits per heavy atom. The zero-order valence-corrected chi connectivity index (χ0v) is 38.5. The molecule has 0 spiro atoms. The Balaban J connectivity index is 0.000000201. The van der Waals surface area contributed by atoms with Gasteiger partial charge in [-0.15, -0.1) is 0 Å². The van der Waals surface area contributed by atoms with Gasteiger partial charge in [0.2, 0.25) is 0 Å². The fraction of sp³-hybridized carbons (Fsp3) is 0.0769. The molecule has 16 heteroatoms. The van der Waals surface area contributed by atoms with Gasteiger partial charge >= 0.3 is 14.7 Å². The number of methoxy groups -OCH3 is 2. The molecule has 0 saturated heterocycles. The summed E-state index contributed by atoms with van der Waals surface area (Å²) in [6.07, 6.45) is 0. The first-order valence-electron chi connectivity index (χ1n) is 20.4. The van der Waals surface area contributed by atoms with Crippen LogP contribution in [0.5, 0.6) is 11.5 Å². The van der Waals surface area contributed by atoms with Crippen LogP contribution in [0.15, 0.2) is 194 Å². The zero-order chi connectivity index (χ0) is 48.2. The third-order valence-electron chi connectivity index (χ3n) is 10.2. The van der Waals surface area contributed by atoms with Crippen LogP contribution in [-0.4, -0.2) is 38.9 Å². The highest BCUT2D eigenvalue weighted by Crippen LogP contribution is 2.49. The van der Waals surface area contributed by atoms with Crippen LogP contribution in [0.4, 0.5) is 30.5 Å². The summed E-state index contributed by atoms with van der Waals surface area (Å²) in [6, 6.07) is 52.5. The molecule has 8 aromatic carbocycles. The minimum atomic E-state index is -3.67. The number of hydrogen-bond donors (Lipinski definition) is 2. The average Bonchev–Trinajstić information content (AvgIpc) is 3.33. The van der Waals surface area contributed by atoms with Crippen molar-refractivity contribution in [3.8, 4) is 44.9 Å². The topological polar surface area (TPSA) is 58.9 Å². The standard InChI is InChI=1S/C25H15F4S2.C20H18O.C7H9BO3.BF3.FH/c1-14-2-4-15(5-3-14)16-6-8-17(9-7-16)31-24-12-20(28)18(26)10-22(24)30-23-11-19(27)21(29)13-25(23)31;1-15-6-8-16(9-7-15)17-10-12-18(13-11-17)19-4-3-5-20(14-19)21-2;1-11-7-4-2-3-6(5-7)8(9)10;2-1(3)4;/h2-13H,1H3;3-14H,1-2H3;2-5,9-10H,1H3;;1H/q+1;;;;/p-1. The van der Waals surface area contributed by atoms with Crippen molar-refractivity contribution >= 4 is 42.8 Å². The molecule has 1 aliphatic rings. The van der Waals surface area contributed by atoms with Gasteiger partial charge in [0.1, 0.15) is 22.4 Å². The van der Waals surface area contributed by atoms with E-state index in [1.807, 2.05) is 67.6 Å². The molecule has 0 radical (unpaired) electrons. The predicted octanol–water partition coefficient (Wildman–Crippen LogP) is 10.4. The van der Waals surface area contributed by atoms with Gasteiger partial charge in [0.05, 0.1) is 24.0 Å². The molecule has 8 aromatic rings. The van der Waals surface area contributed by atoms with Crippen molar-refractivity contribution in [1.29, 1.82) is 0 Å². The molecular formula is C52H42B2F8O4S2. The van der Waals surface area contributed by atoms with Crippen LogP contribution in [0.3, 0.4) is 0 Å². The average molecular weight is 969 g/mol. The first-order valence-corrected chi connectivity index (χ1v) is 22.5. The minimum Gasteiger partial charge on any atom is -1.00 e. The van der Waals surface area contributed by atoms with E-state index in [-0.39, 0.29) is 4.70 Å². The summed E-state index contributed by atoms with van der Waals surface area (Å²) in [5.41, 5.74) is 9.81. The highest BCUT2D eigenvalue weighted by Gasteiger charge is 2.40. The molecule has 0 unspecified atom stereocenters. The van der Waals surface area contributed by atoms with E-state index in [1.54, 1.807) is 31.4 Å². The van der Waals surface area contributed by atoms with Gasteiger partial charge in [-0.1, -0.05) is 120 Å². The highest BCUT2D eigenvalue weighted by molar-refractivity contribution is 8.04. The van der Waals surface area contributed by atoms with Gasteiger partial charge in [-0.05, 0) is 113 Å². The third kappa shape index (κ3) is 13.8. The normalized spacial score (nSPS) is 11.1. The quantitative estimate of drug-likeness (QED) is 0.0947. The lowest BCUT2D eigenvalue weighted by Gasteiger charge is -2.19. The van der Waals surface area contributed by atoms with Crippen LogP contribution in [0.1, 0.15) is 11.1 Å². The summed E-state index contributed by atoms with van der Waals surface area (Å²) in [5.74, 6) is -2.34. The molecular weight excluding hydrogens is 926 g/mol. The molecule has 9 rings (SSSR count). The monoisotopic (exact) mass is 968 g/mol. The lowest BCUT2D eigenvalue weighted by atomic mass is 9.80. The summed E-state index contributed by atoms with van der Waals surface area (Å²) < 4.78 is 95.2. The molecule has 0 bridgehead atoms. The molecule has 4 nitrogen and oxygen atoms in total. The Morgan fingerprint density at radius 3 is 1.22 bits per heavy atom. The van der Waals surface area contributed by atoms with Gasteiger partial charge in [0, 0.05) is 12.1 Å². The van der Waals surface area contributed by atoms with E-state index in [0.29, 0.717) is 30.8 Å². The second kappa shape index (κ2) is 24.5. The maximum absolute atomic E-state index is 14.1. The predicted molar refractivity (Wildman–Crippen MR) is 256 cm³/mol. The minimum absolute atomic E-state index is 0. The highest BCUT2D eigenvalue weighted by atomic mass is 32.2. The third-order valence-corrected chi connectivity index (χ3v) is 13.8. The molecule has 0 amide bonds. The van der Waals surface area contributed by atoms with Crippen LogP contribution in [0.25, 0.3) is 33.4 Å². The van der Waals surface area contributed by atoms with Crippen LogP contribution in [-0.2, 0) is 10.9 Å². The van der Waals surface area contributed by atoms with Crippen molar-refractivity contribution in [2.45, 2.75) is 38.3 Å². The zero-order valence-electron chi connectivity index (χ0n) is 36.9. The van der Waals surface area contributed by atoms with E-state index in [9.17, 15) is 30.5 Å². The van der Waals surface area contributed by atoms with E-state index < -0.39 is 48.8 Å². The van der Waals surface area contributed by atoms with Crippen LogP contribution >= 0.6 is 11.8 Å². The molecule has 0 saturated carbocycles. The van der Waals surface area contributed by atoms with Crippen LogP contribution in [0, 0.1) is 37.1 Å². The molecule has 1 heterocycles. The Bertz CT molecular complexity index is 2830. The van der Waals surface area contributed by atoms with Crippen molar-refractivity contribution in [2.24, 2.45) is 0 Å². The van der Waals surface area contributed by atoms with Crippen molar-refractivity contribution < 1.29 is 54.7 Å². The Morgan fingerprint density at radius 1 is 0.456 bits per heavy atom. The van der Waals surface area contributed by atoms with Gasteiger partial charge in [-0.2, -0.15) is 0 Å². The molecule has 2 N–H and O–H groups in total. The fourth-order valence-electron chi connectivity index (χ4n) is 6.73. The molecule has 0 aliphatic carbocycles. The molecule has 348 valence electrons.